The minimum absolute atomic E-state index is 0.0310. The fourth-order valence-corrected chi connectivity index (χ4v) is 3.00. The van der Waals surface area contributed by atoms with Crippen LogP contribution in [0.4, 0.5) is 23.1 Å². The minimum Gasteiger partial charge on any atom is -0.396 e. The third-order valence-electron chi connectivity index (χ3n) is 3.29. The summed E-state index contributed by atoms with van der Waals surface area (Å²) in [7, 11) is -3.77. The highest BCUT2D eigenvalue weighted by molar-refractivity contribution is 7.92. The highest BCUT2D eigenvalue weighted by Crippen LogP contribution is 2.22. The predicted octanol–water partition coefficient (Wildman–Crippen LogP) is 2.31. The second kappa shape index (κ2) is 6.73. The predicted molar refractivity (Wildman–Crippen MR) is 96.0 cm³/mol. The average molecular weight is 356 g/mol. The molecule has 9 heteroatoms. The lowest BCUT2D eigenvalue weighted by Crippen LogP contribution is -2.15. The van der Waals surface area contributed by atoms with Gasteiger partial charge in [0.05, 0.1) is 10.6 Å². The highest BCUT2D eigenvalue weighted by atomic mass is 32.2. The third-order valence-corrected chi connectivity index (χ3v) is 4.63. The molecule has 0 aliphatic heterocycles. The Hall–Kier alpha value is -3.20. The van der Waals surface area contributed by atoms with Crippen molar-refractivity contribution >= 4 is 33.2 Å². The van der Waals surface area contributed by atoms with Crippen LogP contribution >= 0.6 is 0 Å². The summed E-state index contributed by atoms with van der Waals surface area (Å²) in [5.41, 5.74) is 7.65. The Kier molecular flexibility index (Phi) is 4.48. The number of nitrogens with two attached hydrogens (primary N) is 1. The molecule has 0 atom stereocenters. The molecule has 0 radical (unpaired) electrons. The lowest BCUT2D eigenvalue weighted by Gasteiger charge is -2.10. The van der Waals surface area contributed by atoms with Crippen molar-refractivity contribution in [2.45, 2.75) is 11.8 Å². The molecule has 4 N–H and O–H groups in total. The Morgan fingerprint density at radius 2 is 1.76 bits per heavy atom. The average Bonchev–Trinajstić information content (AvgIpc) is 2.57. The van der Waals surface area contributed by atoms with Crippen LogP contribution in [0, 0.1) is 6.92 Å². The number of aromatic nitrogens is 3. The summed E-state index contributed by atoms with van der Waals surface area (Å²) in [6.07, 6.45) is 3.10. The van der Waals surface area contributed by atoms with Crippen LogP contribution < -0.4 is 15.8 Å². The van der Waals surface area contributed by atoms with Crippen molar-refractivity contribution in [1.82, 2.24) is 15.0 Å². The van der Waals surface area contributed by atoms with Crippen molar-refractivity contribution in [2.75, 3.05) is 15.8 Å². The molecule has 0 aliphatic carbocycles. The van der Waals surface area contributed by atoms with E-state index in [1.54, 1.807) is 43.5 Å². The Labute approximate surface area is 145 Å². The molecule has 8 nitrogen and oxygen atoms in total. The molecular weight excluding hydrogens is 340 g/mol. The van der Waals surface area contributed by atoms with E-state index in [1.165, 1.54) is 18.3 Å². The monoisotopic (exact) mass is 356 g/mol. The molecule has 0 amide bonds. The summed E-state index contributed by atoms with van der Waals surface area (Å²) in [6, 6.07) is 11.3. The van der Waals surface area contributed by atoms with E-state index < -0.39 is 10.0 Å². The standard InChI is InChI=1S/C16H16N6O2S/c1-11-8-10-19-16(20-11)22-25(23,24)13-6-4-12(5-7-13)21-15-14(17)3-2-9-18-15/h2-10H,17H2,1H3,(H,18,21)(H,19,20,22). The van der Waals surface area contributed by atoms with Gasteiger partial charge < -0.3 is 11.1 Å². The van der Waals surface area contributed by atoms with Crippen LogP contribution in [0.5, 0.6) is 0 Å². The molecule has 0 unspecified atom stereocenters. The summed E-state index contributed by atoms with van der Waals surface area (Å²) in [5, 5.41) is 3.03. The third kappa shape index (κ3) is 4.01. The largest absolute Gasteiger partial charge is 0.396 e. The van der Waals surface area contributed by atoms with Crippen molar-refractivity contribution in [3.05, 3.63) is 60.6 Å². The second-order valence-corrected chi connectivity index (χ2v) is 6.90. The number of anilines is 4. The number of sulfonamides is 1. The number of benzene rings is 1. The van der Waals surface area contributed by atoms with Crippen LogP contribution in [0.25, 0.3) is 0 Å². The Bertz CT molecular complexity index is 990. The van der Waals surface area contributed by atoms with Crippen molar-refractivity contribution in [3.8, 4) is 0 Å². The Morgan fingerprint density at radius 3 is 2.44 bits per heavy atom. The molecule has 3 aromatic rings. The molecule has 1 aromatic carbocycles. The molecule has 2 heterocycles. The van der Waals surface area contributed by atoms with E-state index in [0.717, 1.165) is 0 Å². The first-order chi connectivity index (χ1) is 11.9. The molecule has 128 valence electrons. The zero-order chi connectivity index (χ0) is 17.9. The number of nitrogen functional groups attached to an aromatic ring is 1. The molecule has 0 saturated carbocycles. The SMILES string of the molecule is Cc1ccnc(NS(=O)(=O)c2ccc(Nc3ncccc3N)cc2)n1. The zero-order valence-electron chi connectivity index (χ0n) is 13.3. The van der Waals surface area contributed by atoms with Crippen LogP contribution in [0.15, 0.2) is 59.8 Å². The van der Waals surface area contributed by atoms with Gasteiger partial charge >= 0.3 is 0 Å². The molecule has 0 aliphatic rings. The van der Waals surface area contributed by atoms with Gasteiger partial charge in [0, 0.05) is 23.8 Å². The van der Waals surface area contributed by atoms with Crippen molar-refractivity contribution in [3.63, 3.8) is 0 Å². The maximum absolute atomic E-state index is 12.4. The molecular formula is C16H16N6O2S. The molecule has 0 bridgehead atoms. The molecule has 3 rings (SSSR count). The first-order valence-electron chi connectivity index (χ1n) is 7.34. The first kappa shape index (κ1) is 16.7. The minimum atomic E-state index is -3.77. The van der Waals surface area contributed by atoms with Gasteiger partial charge in [-0.05, 0) is 49.4 Å². The van der Waals surface area contributed by atoms with Gasteiger partial charge in [-0.25, -0.2) is 28.1 Å². The van der Waals surface area contributed by atoms with Gasteiger partial charge in [0.2, 0.25) is 5.95 Å². The molecule has 2 aromatic heterocycles. The molecule has 25 heavy (non-hydrogen) atoms. The van der Waals surface area contributed by atoms with Gasteiger partial charge in [-0.2, -0.15) is 0 Å². The van der Waals surface area contributed by atoms with E-state index in [-0.39, 0.29) is 10.8 Å². The van der Waals surface area contributed by atoms with Crippen LogP contribution in [0.3, 0.4) is 0 Å². The van der Waals surface area contributed by atoms with E-state index in [2.05, 4.69) is 25.0 Å². The summed E-state index contributed by atoms with van der Waals surface area (Å²) in [5.74, 6) is 0.535. The Morgan fingerprint density at radius 1 is 1.00 bits per heavy atom. The maximum atomic E-state index is 12.4. The van der Waals surface area contributed by atoms with E-state index in [0.29, 0.717) is 22.9 Å². The number of aryl methyl sites for hydroxylation is 1. The summed E-state index contributed by atoms with van der Waals surface area (Å²) >= 11 is 0. The smallest absolute Gasteiger partial charge is 0.264 e. The van der Waals surface area contributed by atoms with Crippen LogP contribution in [-0.2, 0) is 10.0 Å². The molecule has 0 saturated heterocycles. The maximum Gasteiger partial charge on any atom is 0.264 e. The van der Waals surface area contributed by atoms with Gasteiger partial charge in [0.25, 0.3) is 10.0 Å². The second-order valence-electron chi connectivity index (χ2n) is 5.22. The van der Waals surface area contributed by atoms with E-state index >= 15 is 0 Å². The quantitative estimate of drug-likeness (QED) is 0.641. The van der Waals surface area contributed by atoms with Crippen molar-refractivity contribution < 1.29 is 8.42 Å². The summed E-state index contributed by atoms with van der Waals surface area (Å²) in [6.45, 7) is 1.75. The fraction of sp³-hybridized carbons (Fsp3) is 0.0625. The van der Waals surface area contributed by atoms with E-state index in [9.17, 15) is 8.42 Å². The van der Waals surface area contributed by atoms with Crippen LogP contribution in [-0.4, -0.2) is 23.4 Å². The summed E-state index contributed by atoms with van der Waals surface area (Å²) in [4.78, 5) is 12.1. The zero-order valence-corrected chi connectivity index (χ0v) is 14.2. The first-order valence-corrected chi connectivity index (χ1v) is 8.82. The normalized spacial score (nSPS) is 11.1. The lowest BCUT2D eigenvalue weighted by molar-refractivity contribution is 0.601. The van der Waals surface area contributed by atoms with Crippen LogP contribution in [0.2, 0.25) is 0 Å². The number of hydrogen-bond donors (Lipinski definition) is 3. The topological polar surface area (TPSA) is 123 Å². The molecule has 0 fully saturated rings. The van der Waals surface area contributed by atoms with Crippen LogP contribution in [0.1, 0.15) is 5.69 Å². The fourth-order valence-electron chi connectivity index (χ4n) is 2.05. The van der Waals surface area contributed by atoms with E-state index in [1.807, 2.05) is 0 Å². The number of nitrogens with one attached hydrogen (secondary N) is 2. The summed E-state index contributed by atoms with van der Waals surface area (Å²) < 4.78 is 27.1. The highest BCUT2D eigenvalue weighted by Gasteiger charge is 2.15. The van der Waals surface area contributed by atoms with Gasteiger partial charge in [-0.3, -0.25) is 0 Å². The van der Waals surface area contributed by atoms with Gasteiger partial charge in [-0.15, -0.1) is 0 Å². The van der Waals surface area contributed by atoms with Gasteiger partial charge in [0.1, 0.15) is 0 Å². The van der Waals surface area contributed by atoms with Crippen molar-refractivity contribution in [1.29, 1.82) is 0 Å². The van der Waals surface area contributed by atoms with Gasteiger partial charge in [-0.1, -0.05) is 0 Å². The lowest BCUT2D eigenvalue weighted by atomic mass is 10.3. The number of rotatable bonds is 5. The molecule has 0 spiro atoms. The number of hydrogen-bond acceptors (Lipinski definition) is 7. The number of nitrogens with zero attached hydrogens (tertiary/aromatic N) is 3. The Balaban J connectivity index is 1.78. The number of pyridine rings is 1. The van der Waals surface area contributed by atoms with Gasteiger partial charge in [0.15, 0.2) is 5.82 Å². The van der Waals surface area contributed by atoms with Crippen molar-refractivity contribution in [2.24, 2.45) is 0 Å². The van der Waals surface area contributed by atoms with E-state index in [4.69, 9.17) is 5.73 Å².